The number of sulfonamides is 1. The van der Waals surface area contributed by atoms with Crippen molar-refractivity contribution in [2.45, 2.75) is 23.8 Å². The molecule has 1 unspecified atom stereocenters. The van der Waals surface area contributed by atoms with E-state index in [9.17, 15) is 17.2 Å². The van der Waals surface area contributed by atoms with Gasteiger partial charge in [-0.1, -0.05) is 0 Å². The largest absolute Gasteiger partial charge is 0.459 e. The van der Waals surface area contributed by atoms with Crippen LogP contribution >= 0.6 is 15.9 Å². The zero-order valence-corrected chi connectivity index (χ0v) is 15.3. The smallest absolute Gasteiger partial charge is 0.316 e. The molecule has 0 aliphatic carbocycles. The zero-order chi connectivity index (χ0) is 18.0. The Morgan fingerprint density at radius 3 is 2.64 bits per heavy atom. The SMILES string of the molecule is O=S(=O)(c1ccc(F)cc1F)N1CCCC(Oc2ncc(Br)cn2)C1. The molecule has 1 aliphatic heterocycles. The van der Waals surface area contributed by atoms with Crippen LogP contribution in [0, 0.1) is 11.6 Å². The predicted octanol–water partition coefficient (Wildman–Crippen LogP) is 2.75. The van der Waals surface area contributed by atoms with Crippen LogP contribution in [0.1, 0.15) is 12.8 Å². The van der Waals surface area contributed by atoms with Crippen molar-refractivity contribution >= 4 is 26.0 Å². The molecular weight excluding hydrogens is 420 g/mol. The summed E-state index contributed by atoms with van der Waals surface area (Å²) in [4.78, 5) is 7.44. The Morgan fingerprint density at radius 2 is 1.96 bits per heavy atom. The summed E-state index contributed by atoms with van der Waals surface area (Å²) in [7, 11) is -4.08. The number of rotatable bonds is 4. The van der Waals surface area contributed by atoms with Crippen LogP contribution in [0.3, 0.4) is 0 Å². The molecule has 1 fully saturated rings. The van der Waals surface area contributed by atoms with Gasteiger partial charge in [0.1, 0.15) is 22.6 Å². The van der Waals surface area contributed by atoms with Crippen molar-refractivity contribution in [1.29, 1.82) is 0 Å². The first-order valence-corrected chi connectivity index (χ1v) is 9.69. The molecule has 0 amide bonds. The molecule has 1 aromatic carbocycles. The van der Waals surface area contributed by atoms with Gasteiger partial charge in [0.2, 0.25) is 10.0 Å². The van der Waals surface area contributed by atoms with E-state index in [0.717, 1.165) is 16.4 Å². The van der Waals surface area contributed by atoms with Crippen LogP contribution in [0.25, 0.3) is 0 Å². The lowest BCUT2D eigenvalue weighted by molar-refractivity contribution is 0.119. The average Bonchev–Trinajstić information content (AvgIpc) is 2.57. The Hall–Kier alpha value is -1.65. The first kappa shape index (κ1) is 18.2. The molecule has 10 heteroatoms. The maximum atomic E-state index is 13.9. The second kappa shape index (κ2) is 7.30. The second-order valence-corrected chi connectivity index (χ2v) is 8.33. The summed E-state index contributed by atoms with van der Waals surface area (Å²) in [5.74, 6) is -1.94. The van der Waals surface area contributed by atoms with Gasteiger partial charge < -0.3 is 4.74 Å². The summed E-state index contributed by atoms with van der Waals surface area (Å²) >= 11 is 3.21. The van der Waals surface area contributed by atoms with Crippen molar-refractivity contribution in [2.75, 3.05) is 13.1 Å². The van der Waals surface area contributed by atoms with Crippen LogP contribution in [0.15, 0.2) is 40.0 Å². The molecule has 0 radical (unpaired) electrons. The number of hydrogen-bond donors (Lipinski definition) is 0. The zero-order valence-electron chi connectivity index (χ0n) is 12.9. The fraction of sp³-hybridized carbons (Fsp3) is 0.333. The fourth-order valence-electron chi connectivity index (χ4n) is 2.55. The fourth-order valence-corrected chi connectivity index (χ4v) is 4.31. The van der Waals surface area contributed by atoms with Crippen molar-refractivity contribution in [3.05, 3.63) is 46.7 Å². The highest BCUT2D eigenvalue weighted by Gasteiger charge is 2.33. The van der Waals surface area contributed by atoms with Gasteiger partial charge in [-0.25, -0.2) is 27.2 Å². The van der Waals surface area contributed by atoms with Gasteiger partial charge in [0.25, 0.3) is 0 Å². The van der Waals surface area contributed by atoms with E-state index in [1.54, 1.807) is 0 Å². The summed E-state index contributed by atoms with van der Waals surface area (Å²) in [6.07, 6.45) is 3.76. The second-order valence-electron chi connectivity index (χ2n) is 5.50. The molecule has 1 saturated heterocycles. The minimum atomic E-state index is -4.08. The number of nitrogens with zero attached hydrogens (tertiary/aromatic N) is 3. The maximum Gasteiger partial charge on any atom is 0.316 e. The molecule has 0 bridgehead atoms. The van der Waals surface area contributed by atoms with Gasteiger partial charge in [-0.15, -0.1) is 0 Å². The highest BCUT2D eigenvalue weighted by Crippen LogP contribution is 2.25. The van der Waals surface area contributed by atoms with Gasteiger partial charge in [-0.3, -0.25) is 0 Å². The molecule has 2 heterocycles. The summed E-state index contributed by atoms with van der Waals surface area (Å²) in [5, 5.41) is 0. The highest BCUT2D eigenvalue weighted by molar-refractivity contribution is 9.10. The van der Waals surface area contributed by atoms with Gasteiger partial charge in [0, 0.05) is 25.0 Å². The maximum absolute atomic E-state index is 13.9. The van der Waals surface area contributed by atoms with Gasteiger partial charge in [-0.05, 0) is 40.9 Å². The lowest BCUT2D eigenvalue weighted by Gasteiger charge is -2.31. The van der Waals surface area contributed by atoms with Crippen LogP contribution in [0.4, 0.5) is 8.78 Å². The van der Waals surface area contributed by atoms with Crippen molar-refractivity contribution in [3.63, 3.8) is 0 Å². The average molecular weight is 434 g/mol. The van der Waals surface area contributed by atoms with Gasteiger partial charge in [0.15, 0.2) is 0 Å². The molecule has 25 heavy (non-hydrogen) atoms. The minimum absolute atomic E-state index is 0.0403. The molecule has 6 nitrogen and oxygen atoms in total. The minimum Gasteiger partial charge on any atom is -0.459 e. The molecule has 1 aromatic heterocycles. The lowest BCUT2D eigenvalue weighted by atomic mass is 10.1. The van der Waals surface area contributed by atoms with Crippen LogP contribution < -0.4 is 4.74 Å². The molecule has 2 aromatic rings. The topological polar surface area (TPSA) is 72.4 Å². The van der Waals surface area contributed by atoms with Crippen LogP contribution in [0.5, 0.6) is 6.01 Å². The third-order valence-electron chi connectivity index (χ3n) is 3.72. The number of benzene rings is 1. The van der Waals surface area contributed by atoms with Crippen LogP contribution in [-0.4, -0.2) is 41.9 Å². The van der Waals surface area contributed by atoms with Crippen molar-refractivity contribution in [2.24, 2.45) is 0 Å². The van der Waals surface area contributed by atoms with E-state index < -0.39 is 32.7 Å². The number of halogens is 3. The van der Waals surface area contributed by atoms with E-state index in [-0.39, 0.29) is 19.1 Å². The summed E-state index contributed by atoms with van der Waals surface area (Å²) in [6.45, 7) is 0.277. The monoisotopic (exact) mass is 433 g/mol. The molecule has 0 saturated carbocycles. The Labute approximate surface area is 152 Å². The highest BCUT2D eigenvalue weighted by atomic mass is 79.9. The van der Waals surface area contributed by atoms with E-state index in [4.69, 9.17) is 4.74 Å². The third kappa shape index (κ3) is 4.13. The third-order valence-corrected chi connectivity index (χ3v) is 6.03. The molecule has 1 aliphatic rings. The molecule has 1 atom stereocenters. The van der Waals surface area contributed by atoms with Crippen LogP contribution in [-0.2, 0) is 10.0 Å². The summed E-state index contributed by atoms with van der Waals surface area (Å²) in [6, 6.07) is 2.55. The predicted molar refractivity (Wildman–Crippen MR) is 88.5 cm³/mol. The molecule has 134 valence electrons. The van der Waals surface area contributed by atoms with Crippen molar-refractivity contribution in [1.82, 2.24) is 14.3 Å². The number of piperidine rings is 1. The molecule has 0 spiro atoms. The van der Waals surface area contributed by atoms with E-state index >= 15 is 0 Å². The lowest BCUT2D eigenvalue weighted by Crippen LogP contribution is -2.44. The summed E-state index contributed by atoms with van der Waals surface area (Å²) in [5.41, 5.74) is 0. The normalized spacial score (nSPS) is 18.9. The number of ether oxygens (including phenoxy) is 1. The van der Waals surface area contributed by atoms with Crippen molar-refractivity contribution in [3.8, 4) is 6.01 Å². The first-order chi connectivity index (χ1) is 11.9. The Kier molecular flexibility index (Phi) is 5.30. The van der Waals surface area contributed by atoms with Gasteiger partial charge >= 0.3 is 6.01 Å². The van der Waals surface area contributed by atoms with Gasteiger partial charge in [0.05, 0.1) is 11.0 Å². The van der Waals surface area contributed by atoms with E-state index in [0.29, 0.717) is 23.4 Å². The number of hydrogen-bond acceptors (Lipinski definition) is 5. The first-order valence-electron chi connectivity index (χ1n) is 7.45. The molecule has 3 rings (SSSR count). The quantitative estimate of drug-likeness (QED) is 0.740. The molecule has 0 N–H and O–H groups in total. The van der Waals surface area contributed by atoms with E-state index in [1.165, 1.54) is 12.4 Å². The standard InChI is InChI=1S/C15H14BrF2N3O3S/c16-10-7-19-15(20-8-10)24-12-2-1-5-21(9-12)25(22,23)14-4-3-11(17)6-13(14)18/h3-4,6-8,12H,1-2,5,9H2. The Bertz CT molecular complexity index is 865. The van der Waals surface area contributed by atoms with Crippen molar-refractivity contribution < 1.29 is 21.9 Å². The summed E-state index contributed by atoms with van der Waals surface area (Å²) < 4.78 is 59.6. The van der Waals surface area contributed by atoms with E-state index in [1.807, 2.05) is 0 Å². The van der Waals surface area contributed by atoms with Gasteiger partial charge in [-0.2, -0.15) is 4.31 Å². The molecular formula is C15H14BrF2N3O3S. The Balaban J connectivity index is 1.76. The Morgan fingerprint density at radius 1 is 1.24 bits per heavy atom. The van der Waals surface area contributed by atoms with E-state index in [2.05, 4.69) is 25.9 Å². The number of aromatic nitrogens is 2. The van der Waals surface area contributed by atoms with Crippen LogP contribution in [0.2, 0.25) is 0 Å².